The minimum Gasteiger partial charge on any atom is -0.396 e. The van der Waals surface area contributed by atoms with Crippen LogP contribution < -0.4 is 0 Å². The van der Waals surface area contributed by atoms with Gasteiger partial charge in [0.05, 0.1) is 0 Å². The Bertz CT molecular complexity index is 192. The monoisotopic (exact) mass is 284 g/mol. The third kappa shape index (κ3) is 14.0. The predicted molar refractivity (Wildman–Crippen MR) is 87.0 cm³/mol. The molecule has 0 aromatic carbocycles. The summed E-state index contributed by atoms with van der Waals surface area (Å²) in [5, 5.41) is 8.69. The molecule has 0 radical (unpaired) electrons. The lowest BCUT2D eigenvalue weighted by atomic mass is 9.95. The Hall–Kier alpha value is -0.370. The van der Waals surface area contributed by atoms with Crippen LogP contribution in [0.5, 0.6) is 0 Å². The van der Waals surface area contributed by atoms with E-state index < -0.39 is 0 Å². The molecule has 0 saturated carbocycles. The van der Waals surface area contributed by atoms with Gasteiger partial charge in [-0.2, -0.15) is 0 Å². The van der Waals surface area contributed by atoms with Crippen molar-refractivity contribution < 1.29 is 9.90 Å². The van der Waals surface area contributed by atoms with Crippen LogP contribution in [0.15, 0.2) is 0 Å². The Morgan fingerprint density at radius 2 is 1.20 bits per heavy atom. The Morgan fingerprint density at radius 3 is 1.65 bits per heavy atom. The summed E-state index contributed by atoms with van der Waals surface area (Å²) in [6.45, 7) is 2.57. The molecule has 1 unspecified atom stereocenters. The van der Waals surface area contributed by atoms with E-state index >= 15 is 0 Å². The molecule has 0 amide bonds. The van der Waals surface area contributed by atoms with E-state index in [2.05, 4.69) is 6.92 Å². The lowest BCUT2D eigenvalue weighted by Crippen LogP contribution is -2.02. The van der Waals surface area contributed by atoms with Crippen molar-refractivity contribution in [1.82, 2.24) is 0 Å². The van der Waals surface area contributed by atoms with Crippen LogP contribution >= 0.6 is 0 Å². The number of aliphatic hydroxyl groups excluding tert-OH is 1. The van der Waals surface area contributed by atoms with Crippen molar-refractivity contribution in [2.24, 2.45) is 5.92 Å². The summed E-state index contributed by atoms with van der Waals surface area (Å²) in [6.07, 6.45) is 18.2. The van der Waals surface area contributed by atoms with E-state index in [0.29, 0.717) is 12.5 Å². The highest BCUT2D eigenvalue weighted by Gasteiger charge is 2.06. The first-order valence-corrected chi connectivity index (χ1v) is 8.91. The maximum absolute atomic E-state index is 11.0. The number of carbonyl (C=O) groups excluding carboxylic acids is 1. The molecular formula is C18H36O2. The van der Waals surface area contributed by atoms with Gasteiger partial charge in [0, 0.05) is 12.5 Å². The molecule has 2 nitrogen and oxygen atoms in total. The molecule has 0 aliphatic carbocycles. The van der Waals surface area contributed by atoms with Crippen molar-refractivity contribution >= 4 is 6.29 Å². The molecule has 1 atom stereocenters. The summed E-state index contributed by atoms with van der Waals surface area (Å²) in [7, 11) is 0. The van der Waals surface area contributed by atoms with Crippen molar-refractivity contribution in [3.05, 3.63) is 0 Å². The van der Waals surface area contributed by atoms with Crippen molar-refractivity contribution in [1.29, 1.82) is 0 Å². The molecule has 0 aromatic heterocycles. The van der Waals surface area contributed by atoms with Gasteiger partial charge >= 0.3 is 0 Å². The van der Waals surface area contributed by atoms with Gasteiger partial charge < -0.3 is 9.90 Å². The highest BCUT2D eigenvalue weighted by Crippen LogP contribution is 2.17. The van der Waals surface area contributed by atoms with Crippen LogP contribution in [-0.2, 0) is 4.79 Å². The van der Waals surface area contributed by atoms with E-state index in [0.717, 1.165) is 25.7 Å². The van der Waals surface area contributed by atoms with Gasteiger partial charge in [0.25, 0.3) is 0 Å². The van der Waals surface area contributed by atoms with Gasteiger partial charge in [0.1, 0.15) is 6.29 Å². The van der Waals surface area contributed by atoms with Crippen molar-refractivity contribution in [3.63, 3.8) is 0 Å². The summed E-state index contributed by atoms with van der Waals surface area (Å²) >= 11 is 0. The smallest absolute Gasteiger partial charge is 0.123 e. The lowest BCUT2D eigenvalue weighted by molar-refractivity contribution is -0.111. The zero-order valence-electron chi connectivity index (χ0n) is 13.6. The number of unbranched alkanes of at least 4 members (excludes halogenated alkanes) is 10. The predicted octanol–water partition coefficient (Wildman–Crippen LogP) is 5.28. The molecule has 1 N–H and O–H groups in total. The molecule has 120 valence electrons. The van der Waals surface area contributed by atoms with Crippen molar-refractivity contribution in [3.8, 4) is 0 Å². The van der Waals surface area contributed by atoms with E-state index in [-0.39, 0.29) is 0 Å². The molecule has 2 heteroatoms. The zero-order chi connectivity index (χ0) is 14.9. The van der Waals surface area contributed by atoms with Crippen LogP contribution in [0, 0.1) is 5.92 Å². The topological polar surface area (TPSA) is 37.3 Å². The van der Waals surface area contributed by atoms with E-state index in [1.54, 1.807) is 0 Å². The van der Waals surface area contributed by atoms with Crippen LogP contribution in [0.4, 0.5) is 0 Å². The quantitative estimate of drug-likeness (QED) is 0.309. The third-order valence-electron chi connectivity index (χ3n) is 4.10. The van der Waals surface area contributed by atoms with Gasteiger partial charge in [-0.1, -0.05) is 77.6 Å². The van der Waals surface area contributed by atoms with Gasteiger partial charge in [0.15, 0.2) is 0 Å². The summed E-state index contributed by atoms with van der Waals surface area (Å²) in [4.78, 5) is 11.0. The molecule has 0 saturated heterocycles. The fourth-order valence-corrected chi connectivity index (χ4v) is 2.69. The highest BCUT2D eigenvalue weighted by molar-refractivity contribution is 5.53. The molecule has 0 rings (SSSR count). The first kappa shape index (κ1) is 19.6. The van der Waals surface area contributed by atoms with Gasteiger partial charge in [-0.15, -0.1) is 0 Å². The van der Waals surface area contributed by atoms with E-state index in [1.165, 1.54) is 70.5 Å². The molecule has 0 aliphatic rings. The first-order valence-electron chi connectivity index (χ1n) is 8.91. The summed E-state index contributed by atoms with van der Waals surface area (Å²) in [5.41, 5.74) is 0. The minimum atomic E-state index is 0.304. The summed E-state index contributed by atoms with van der Waals surface area (Å²) in [5.74, 6) is 0.304. The molecule has 0 bridgehead atoms. The number of rotatable bonds is 16. The SMILES string of the molecule is CCCCCCCCC(C=O)CCCCCCCCO. The van der Waals surface area contributed by atoms with Gasteiger partial charge in [-0.25, -0.2) is 0 Å². The van der Waals surface area contributed by atoms with Crippen LogP contribution in [0.1, 0.15) is 96.8 Å². The normalized spacial score (nSPS) is 12.5. The Balaban J connectivity index is 3.31. The van der Waals surface area contributed by atoms with Crippen molar-refractivity contribution in [2.45, 2.75) is 96.8 Å². The second-order valence-electron chi connectivity index (χ2n) is 6.09. The number of carbonyl (C=O) groups is 1. The van der Waals surface area contributed by atoms with Gasteiger partial charge in [-0.05, 0) is 19.3 Å². The third-order valence-corrected chi connectivity index (χ3v) is 4.10. The number of hydrogen-bond acceptors (Lipinski definition) is 2. The minimum absolute atomic E-state index is 0.304. The molecule has 20 heavy (non-hydrogen) atoms. The number of aldehydes is 1. The maximum Gasteiger partial charge on any atom is 0.123 e. The zero-order valence-corrected chi connectivity index (χ0v) is 13.6. The highest BCUT2D eigenvalue weighted by atomic mass is 16.2. The molecule has 0 spiro atoms. The molecule has 0 aliphatic heterocycles. The number of hydrogen-bond donors (Lipinski definition) is 1. The van der Waals surface area contributed by atoms with Crippen LogP contribution in [0.25, 0.3) is 0 Å². The van der Waals surface area contributed by atoms with E-state index in [9.17, 15) is 4.79 Å². The molecular weight excluding hydrogens is 248 g/mol. The Kier molecular flexibility index (Phi) is 16.4. The van der Waals surface area contributed by atoms with Gasteiger partial charge in [0.2, 0.25) is 0 Å². The van der Waals surface area contributed by atoms with E-state index in [1.807, 2.05) is 0 Å². The summed E-state index contributed by atoms with van der Waals surface area (Å²) in [6, 6.07) is 0. The second-order valence-corrected chi connectivity index (χ2v) is 6.09. The molecule has 0 heterocycles. The van der Waals surface area contributed by atoms with Crippen LogP contribution in [0.3, 0.4) is 0 Å². The lowest BCUT2D eigenvalue weighted by Gasteiger charge is -2.10. The fraction of sp³-hybridized carbons (Fsp3) is 0.944. The second kappa shape index (κ2) is 16.7. The Labute approximate surface area is 126 Å². The Morgan fingerprint density at radius 1 is 0.750 bits per heavy atom. The fourth-order valence-electron chi connectivity index (χ4n) is 2.69. The van der Waals surface area contributed by atoms with Gasteiger partial charge in [-0.3, -0.25) is 0 Å². The van der Waals surface area contributed by atoms with E-state index in [4.69, 9.17) is 5.11 Å². The van der Waals surface area contributed by atoms with Crippen molar-refractivity contribution in [2.75, 3.05) is 6.61 Å². The maximum atomic E-state index is 11.0. The largest absolute Gasteiger partial charge is 0.396 e. The standard InChI is InChI=1S/C18H36O2/c1-2-3-4-5-8-11-14-18(17-20)15-12-9-6-7-10-13-16-19/h17-19H,2-16H2,1H3. The average Bonchev–Trinajstić information content (AvgIpc) is 2.47. The average molecular weight is 284 g/mol. The molecule has 0 fully saturated rings. The summed E-state index contributed by atoms with van der Waals surface area (Å²) < 4.78 is 0. The number of aliphatic hydroxyl groups is 1. The van der Waals surface area contributed by atoms with Crippen LogP contribution in [-0.4, -0.2) is 18.0 Å². The first-order chi connectivity index (χ1) is 9.85. The van der Waals surface area contributed by atoms with Crippen LogP contribution in [0.2, 0.25) is 0 Å². The molecule has 0 aromatic rings.